The molecule has 4 heteroatoms. The second kappa shape index (κ2) is 5.19. The second-order valence-corrected chi connectivity index (χ2v) is 4.21. The standard InChI is InChI=1S/C13H18N2O2/c1-17-11-4-3-10-5-8-15(7-2-6-14)13(16)12(10)9-11/h3-4,9H,2,5-8,14H2,1H3. The quantitative estimate of drug-likeness (QED) is 0.847. The first kappa shape index (κ1) is 11.9. The summed E-state index contributed by atoms with van der Waals surface area (Å²) in [6, 6.07) is 5.71. The van der Waals surface area contributed by atoms with Crippen molar-refractivity contribution in [2.24, 2.45) is 5.73 Å². The molecule has 0 fully saturated rings. The minimum atomic E-state index is 0.0959. The number of nitrogens with two attached hydrogens (primary N) is 1. The number of carbonyl (C=O) groups is 1. The van der Waals surface area contributed by atoms with E-state index in [-0.39, 0.29) is 5.91 Å². The maximum atomic E-state index is 12.2. The van der Waals surface area contributed by atoms with Crippen LogP contribution in [0.5, 0.6) is 5.75 Å². The molecule has 1 aromatic carbocycles. The molecule has 1 heterocycles. The Morgan fingerprint density at radius 3 is 3.00 bits per heavy atom. The van der Waals surface area contributed by atoms with E-state index in [1.807, 2.05) is 23.1 Å². The van der Waals surface area contributed by atoms with E-state index in [0.29, 0.717) is 6.54 Å². The summed E-state index contributed by atoms with van der Waals surface area (Å²) in [5, 5.41) is 0. The number of methoxy groups -OCH3 is 1. The van der Waals surface area contributed by atoms with Gasteiger partial charge in [0.05, 0.1) is 7.11 Å². The summed E-state index contributed by atoms with van der Waals surface area (Å²) in [6.45, 7) is 2.15. The molecule has 17 heavy (non-hydrogen) atoms. The molecular weight excluding hydrogens is 216 g/mol. The predicted molar refractivity (Wildman–Crippen MR) is 66.3 cm³/mol. The lowest BCUT2D eigenvalue weighted by Crippen LogP contribution is -2.38. The van der Waals surface area contributed by atoms with E-state index in [1.165, 1.54) is 0 Å². The first-order valence-corrected chi connectivity index (χ1v) is 5.92. The number of fused-ring (bicyclic) bond motifs is 1. The highest BCUT2D eigenvalue weighted by Crippen LogP contribution is 2.23. The zero-order chi connectivity index (χ0) is 12.3. The highest BCUT2D eigenvalue weighted by atomic mass is 16.5. The first-order valence-electron chi connectivity index (χ1n) is 5.92. The minimum absolute atomic E-state index is 0.0959. The Labute approximate surface area is 101 Å². The fourth-order valence-electron chi connectivity index (χ4n) is 2.12. The van der Waals surface area contributed by atoms with Crippen molar-refractivity contribution < 1.29 is 9.53 Å². The molecule has 2 rings (SSSR count). The molecule has 0 spiro atoms. The van der Waals surface area contributed by atoms with Crippen LogP contribution in [0.3, 0.4) is 0 Å². The third-order valence-electron chi connectivity index (χ3n) is 3.12. The van der Waals surface area contributed by atoms with Crippen molar-refractivity contribution in [2.75, 3.05) is 26.7 Å². The van der Waals surface area contributed by atoms with Crippen molar-refractivity contribution in [1.82, 2.24) is 4.90 Å². The van der Waals surface area contributed by atoms with Gasteiger partial charge in [0, 0.05) is 18.7 Å². The topological polar surface area (TPSA) is 55.6 Å². The SMILES string of the molecule is COc1ccc2c(c1)C(=O)N(CCCN)CC2. The summed E-state index contributed by atoms with van der Waals surface area (Å²) in [5.41, 5.74) is 7.36. The van der Waals surface area contributed by atoms with Crippen LogP contribution in [0.25, 0.3) is 0 Å². The first-order chi connectivity index (χ1) is 8.26. The summed E-state index contributed by atoms with van der Waals surface area (Å²) in [6.07, 6.45) is 1.76. The zero-order valence-electron chi connectivity index (χ0n) is 10.1. The highest BCUT2D eigenvalue weighted by Gasteiger charge is 2.23. The molecule has 1 aliphatic rings. The Hall–Kier alpha value is -1.55. The van der Waals surface area contributed by atoms with Crippen LogP contribution in [0.15, 0.2) is 18.2 Å². The minimum Gasteiger partial charge on any atom is -0.497 e. The van der Waals surface area contributed by atoms with Crippen molar-refractivity contribution in [3.05, 3.63) is 29.3 Å². The molecule has 0 unspecified atom stereocenters. The predicted octanol–water partition coefficient (Wildman–Crippen LogP) is 1.04. The van der Waals surface area contributed by atoms with Crippen LogP contribution in [0.1, 0.15) is 22.3 Å². The average Bonchev–Trinajstić information content (AvgIpc) is 2.38. The van der Waals surface area contributed by atoms with Gasteiger partial charge in [-0.2, -0.15) is 0 Å². The maximum absolute atomic E-state index is 12.2. The smallest absolute Gasteiger partial charge is 0.254 e. The van der Waals surface area contributed by atoms with E-state index in [0.717, 1.165) is 42.8 Å². The van der Waals surface area contributed by atoms with Crippen LogP contribution < -0.4 is 10.5 Å². The zero-order valence-corrected chi connectivity index (χ0v) is 10.1. The Balaban J connectivity index is 2.21. The molecule has 0 atom stereocenters. The molecule has 0 saturated heterocycles. The molecule has 0 bridgehead atoms. The summed E-state index contributed by atoms with van der Waals surface area (Å²) in [5.74, 6) is 0.830. The van der Waals surface area contributed by atoms with Gasteiger partial charge in [-0.3, -0.25) is 4.79 Å². The molecule has 0 aromatic heterocycles. The molecule has 4 nitrogen and oxygen atoms in total. The van der Waals surface area contributed by atoms with E-state index < -0.39 is 0 Å². The van der Waals surface area contributed by atoms with Crippen molar-refractivity contribution in [2.45, 2.75) is 12.8 Å². The summed E-state index contributed by atoms with van der Waals surface area (Å²) >= 11 is 0. The molecular formula is C13H18N2O2. The Morgan fingerprint density at radius 1 is 1.47 bits per heavy atom. The van der Waals surface area contributed by atoms with Gasteiger partial charge in [0.2, 0.25) is 0 Å². The lowest BCUT2D eigenvalue weighted by molar-refractivity contribution is 0.0738. The maximum Gasteiger partial charge on any atom is 0.254 e. The third kappa shape index (κ3) is 2.42. The third-order valence-corrected chi connectivity index (χ3v) is 3.12. The van der Waals surface area contributed by atoms with E-state index >= 15 is 0 Å². The van der Waals surface area contributed by atoms with Gasteiger partial charge in [-0.1, -0.05) is 6.07 Å². The number of ether oxygens (including phenoxy) is 1. The van der Waals surface area contributed by atoms with Gasteiger partial charge in [-0.05, 0) is 37.1 Å². The number of rotatable bonds is 4. The fraction of sp³-hybridized carbons (Fsp3) is 0.462. The average molecular weight is 234 g/mol. The van der Waals surface area contributed by atoms with E-state index in [1.54, 1.807) is 7.11 Å². The lowest BCUT2D eigenvalue weighted by Gasteiger charge is -2.28. The molecule has 1 aliphatic heterocycles. The van der Waals surface area contributed by atoms with E-state index in [2.05, 4.69) is 0 Å². The van der Waals surface area contributed by atoms with Crippen LogP contribution in [0.2, 0.25) is 0 Å². The number of hydrogen-bond acceptors (Lipinski definition) is 3. The Morgan fingerprint density at radius 2 is 2.29 bits per heavy atom. The number of hydrogen-bond donors (Lipinski definition) is 1. The van der Waals surface area contributed by atoms with Gasteiger partial charge in [-0.25, -0.2) is 0 Å². The van der Waals surface area contributed by atoms with Gasteiger partial charge >= 0.3 is 0 Å². The Bertz CT molecular complexity index is 418. The number of carbonyl (C=O) groups excluding carboxylic acids is 1. The highest BCUT2D eigenvalue weighted by molar-refractivity contribution is 5.97. The molecule has 92 valence electrons. The van der Waals surface area contributed by atoms with Crippen LogP contribution in [-0.2, 0) is 6.42 Å². The fourth-order valence-corrected chi connectivity index (χ4v) is 2.12. The van der Waals surface area contributed by atoms with Crippen molar-refractivity contribution >= 4 is 5.91 Å². The van der Waals surface area contributed by atoms with E-state index in [4.69, 9.17) is 10.5 Å². The van der Waals surface area contributed by atoms with E-state index in [9.17, 15) is 4.79 Å². The number of nitrogens with zero attached hydrogens (tertiary/aromatic N) is 1. The van der Waals surface area contributed by atoms with Crippen molar-refractivity contribution in [3.8, 4) is 5.75 Å². The number of amides is 1. The molecule has 1 aromatic rings. The van der Waals surface area contributed by atoms with Crippen LogP contribution >= 0.6 is 0 Å². The van der Waals surface area contributed by atoms with Crippen LogP contribution in [0.4, 0.5) is 0 Å². The van der Waals surface area contributed by atoms with Crippen molar-refractivity contribution in [1.29, 1.82) is 0 Å². The van der Waals surface area contributed by atoms with Gasteiger partial charge in [0.15, 0.2) is 0 Å². The van der Waals surface area contributed by atoms with Gasteiger partial charge in [-0.15, -0.1) is 0 Å². The van der Waals surface area contributed by atoms with Crippen molar-refractivity contribution in [3.63, 3.8) is 0 Å². The summed E-state index contributed by atoms with van der Waals surface area (Å²) in [7, 11) is 1.61. The normalized spacial score (nSPS) is 14.7. The Kier molecular flexibility index (Phi) is 3.64. The molecule has 2 N–H and O–H groups in total. The molecule has 0 saturated carbocycles. The number of benzene rings is 1. The summed E-state index contributed by atoms with van der Waals surface area (Å²) in [4.78, 5) is 14.1. The molecule has 0 radical (unpaired) electrons. The van der Waals surface area contributed by atoms with Crippen LogP contribution in [-0.4, -0.2) is 37.6 Å². The molecule has 1 amide bonds. The van der Waals surface area contributed by atoms with Crippen LogP contribution in [0, 0.1) is 0 Å². The van der Waals surface area contributed by atoms with Gasteiger partial charge < -0.3 is 15.4 Å². The second-order valence-electron chi connectivity index (χ2n) is 4.21. The monoisotopic (exact) mass is 234 g/mol. The summed E-state index contributed by atoms with van der Waals surface area (Å²) < 4.78 is 5.15. The largest absolute Gasteiger partial charge is 0.497 e. The van der Waals surface area contributed by atoms with Gasteiger partial charge in [0.1, 0.15) is 5.75 Å². The molecule has 0 aliphatic carbocycles. The van der Waals surface area contributed by atoms with Gasteiger partial charge in [0.25, 0.3) is 5.91 Å². The lowest BCUT2D eigenvalue weighted by atomic mass is 9.98.